The van der Waals surface area contributed by atoms with Crippen molar-refractivity contribution in [1.82, 2.24) is 9.80 Å². The van der Waals surface area contributed by atoms with Gasteiger partial charge in [-0.25, -0.2) is 4.39 Å². The molecular weight excluding hydrogens is 339 g/mol. The van der Waals surface area contributed by atoms with E-state index in [4.69, 9.17) is 9.47 Å². The molecule has 144 valence electrons. The van der Waals surface area contributed by atoms with Crippen molar-refractivity contribution in [3.8, 4) is 0 Å². The maximum absolute atomic E-state index is 13.5. The standard InChI is InChI=1S/C19H27FN2O4/c20-17-5-2-1-4-15(17)13-25-14-16(23)12-21-7-9-22(10-8-21)19(24)18-6-3-11-26-18/h1-2,4-5,16,18,23H,3,6-14H2. The number of β-amino-alcohol motifs (C(OH)–C–C–N with tert-alkyl or cyclic N) is 1. The lowest BCUT2D eigenvalue weighted by atomic mass is 10.2. The summed E-state index contributed by atoms with van der Waals surface area (Å²) in [6.45, 7) is 4.22. The van der Waals surface area contributed by atoms with Crippen molar-refractivity contribution in [2.45, 2.75) is 31.7 Å². The average Bonchev–Trinajstić information content (AvgIpc) is 3.18. The molecule has 2 fully saturated rings. The van der Waals surface area contributed by atoms with Crippen LogP contribution in [-0.4, -0.2) is 79.0 Å². The molecule has 0 aliphatic carbocycles. The first-order chi connectivity index (χ1) is 12.6. The molecule has 1 N–H and O–H groups in total. The zero-order valence-electron chi connectivity index (χ0n) is 15.0. The quantitative estimate of drug-likeness (QED) is 0.781. The minimum absolute atomic E-state index is 0.0934. The molecule has 2 heterocycles. The molecule has 26 heavy (non-hydrogen) atoms. The van der Waals surface area contributed by atoms with Gasteiger partial charge in [-0.3, -0.25) is 9.69 Å². The fourth-order valence-corrected chi connectivity index (χ4v) is 3.40. The molecular formula is C19H27FN2O4. The monoisotopic (exact) mass is 366 g/mol. The van der Waals surface area contributed by atoms with Crippen LogP contribution in [0, 0.1) is 5.82 Å². The van der Waals surface area contributed by atoms with Gasteiger partial charge in [0.1, 0.15) is 11.9 Å². The molecule has 2 saturated heterocycles. The van der Waals surface area contributed by atoms with Gasteiger partial charge in [0.2, 0.25) is 0 Å². The van der Waals surface area contributed by atoms with Crippen LogP contribution in [0.1, 0.15) is 18.4 Å². The van der Waals surface area contributed by atoms with E-state index in [1.807, 2.05) is 4.90 Å². The van der Waals surface area contributed by atoms with Gasteiger partial charge >= 0.3 is 0 Å². The third kappa shape index (κ3) is 5.23. The smallest absolute Gasteiger partial charge is 0.251 e. The van der Waals surface area contributed by atoms with Crippen LogP contribution in [0.3, 0.4) is 0 Å². The molecule has 2 aliphatic heterocycles. The summed E-state index contributed by atoms with van der Waals surface area (Å²) >= 11 is 0. The van der Waals surface area contributed by atoms with E-state index < -0.39 is 6.10 Å². The van der Waals surface area contributed by atoms with Crippen LogP contribution in [0.25, 0.3) is 0 Å². The zero-order chi connectivity index (χ0) is 18.4. The average molecular weight is 366 g/mol. The van der Waals surface area contributed by atoms with Crippen molar-refractivity contribution in [1.29, 1.82) is 0 Å². The van der Waals surface area contributed by atoms with Crippen LogP contribution in [0.15, 0.2) is 24.3 Å². The maximum atomic E-state index is 13.5. The van der Waals surface area contributed by atoms with Gasteiger partial charge in [-0.2, -0.15) is 0 Å². The summed E-state index contributed by atoms with van der Waals surface area (Å²) in [7, 11) is 0. The Bertz CT molecular complexity index is 587. The number of carbonyl (C=O) groups is 1. The second kappa shape index (κ2) is 9.41. The van der Waals surface area contributed by atoms with E-state index in [1.54, 1.807) is 18.2 Å². The molecule has 0 spiro atoms. The molecule has 0 radical (unpaired) electrons. The minimum atomic E-state index is -0.637. The molecule has 0 bridgehead atoms. The van der Waals surface area contributed by atoms with Gasteiger partial charge in [-0.05, 0) is 18.9 Å². The molecule has 7 heteroatoms. The van der Waals surface area contributed by atoms with E-state index in [-0.39, 0.29) is 31.0 Å². The number of halogens is 1. The number of piperazine rings is 1. The van der Waals surface area contributed by atoms with Gasteiger partial charge < -0.3 is 19.5 Å². The molecule has 3 rings (SSSR count). The molecule has 2 atom stereocenters. The third-order valence-corrected chi connectivity index (χ3v) is 4.88. The van der Waals surface area contributed by atoms with E-state index in [2.05, 4.69) is 4.90 Å². The van der Waals surface area contributed by atoms with Crippen LogP contribution in [0.5, 0.6) is 0 Å². The Morgan fingerprint density at radius 3 is 2.77 bits per heavy atom. The number of amides is 1. The first-order valence-electron chi connectivity index (χ1n) is 9.25. The zero-order valence-corrected chi connectivity index (χ0v) is 15.0. The number of hydrogen-bond donors (Lipinski definition) is 1. The second-order valence-corrected chi connectivity index (χ2v) is 6.89. The Hall–Kier alpha value is -1.54. The van der Waals surface area contributed by atoms with E-state index in [9.17, 15) is 14.3 Å². The number of carbonyl (C=O) groups excluding carboxylic acids is 1. The van der Waals surface area contributed by atoms with Gasteiger partial charge in [-0.15, -0.1) is 0 Å². The molecule has 6 nitrogen and oxygen atoms in total. The Morgan fingerprint density at radius 1 is 1.31 bits per heavy atom. The highest BCUT2D eigenvalue weighted by atomic mass is 19.1. The van der Waals surface area contributed by atoms with Crippen molar-refractivity contribution in [3.63, 3.8) is 0 Å². The lowest BCUT2D eigenvalue weighted by Crippen LogP contribution is -2.52. The predicted octanol–water partition coefficient (Wildman–Crippen LogP) is 1.03. The second-order valence-electron chi connectivity index (χ2n) is 6.89. The summed E-state index contributed by atoms with van der Waals surface area (Å²) in [6.07, 6.45) is 0.869. The summed E-state index contributed by atoms with van der Waals surface area (Å²) in [5.41, 5.74) is 0.487. The van der Waals surface area contributed by atoms with Crippen molar-refractivity contribution >= 4 is 5.91 Å². The van der Waals surface area contributed by atoms with E-state index >= 15 is 0 Å². The van der Waals surface area contributed by atoms with Crippen molar-refractivity contribution < 1.29 is 23.8 Å². The number of hydrogen-bond acceptors (Lipinski definition) is 5. The highest BCUT2D eigenvalue weighted by Gasteiger charge is 2.30. The number of rotatable bonds is 7. The highest BCUT2D eigenvalue weighted by Crippen LogP contribution is 2.16. The number of benzene rings is 1. The third-order valence-electron chi connectivity index (χ3n) is 4.88. The Labute approximate surface area is 153 Å². The van der Waals surface area contributed by atoms with Crippen LogP contribution >= 0.6 is 0 Å². The Kier molecular flexibility index (Phi) is 6.96. The number of aliphatic hydroxyl groups excluding tert-OH is 1. The van der Waals surface area contributed by atoms with Crippen LogP contribution in [-0.2, 0) is 20.9 Å². The molecule has 0 aromatic heterocycles. The predicted molar refractivity (Wildman–Crippen MR) is 94.1 cm³/mol. The topological polar surface area (TPSA) is 62.2 Å². The maximum Gasteiger partial charge on any atom is 0.251 e. The molecule has 1 amide bonds. The fraction of sp³-hybridized carbons (Fsp3) is 0.632. The molecule has 1 aromatic rings. The molecule has 0 saturated carbocycles. The summed E-state index contributed by atoms with van der Waals surface area (Å²) in [5.74, 6) is -0.204. The fourth-order valence-electron chi connectivity index (χ4n) is 3.40. The lowest BCUT2D eigenvalue weighted by molar-refractivity contribution is -0.142. The van der Waals surface area contributed by atoms with E-state index in [1.165, 1.54) is 6.07 Å². The Balaban J connectivity index is 1.33. The largest absolute Gasteiger partial charge is 0.389 e. The van der Waals surface area contributed by atoms with Crippen molar-refractivity contribution in [2.24, 2.45) is 0 Å². The van der Waals surface area contributed by atoms with E-state index in [0.717, 1.165) is 25.9 Å². The van der Waals surface area contributed by atoms with E-state index in [0.29, 0.717) is 31.8 Å². The first kappa shape index (κ1) is 19.2. The van der Waals surface area contributed by atoms with Gasteiger partial charge in [0, 0.05) is 44.9 Å². The van der Waals surface area contributed by atoms with Gasteiger partial charge in [-0.1, -0.05) is 18.2 Å². The minimum Gasteiger partial charge on any atom is -0.389 e. The summed E-state index contributed by atoms with van der Waals surface area (Å²) < 4.78 is 24.4. The highest BCUT2D eigenvalue weighted by molar-refractivity contribution is 5.81. The van der Waals surface area contributed by atoms with Crippen LogP contribution in [0.4, 0.5) is 4.39 Å². The SMILES string of the molecule is O=C(C1CCCO1)N1CCN(CC(O)COCc2ccccc2F)CC1. The first-order valence-corrected chi connectivity index (χ1v) is 9.25. The summed E-state index contributed by atoms with van der Waals surface area (Å²) in [4.78, 5) is 16.3. The van der Waals surface area contributed by atoms with Gasteiger partial charge in [0.15, 0.2) is 0 Å². The van der Waals surface area contributed by atoms with Gasteiger partial charge in [0.05, 0.1) is 19.3 Å². The van der Waals surface area contributed by atoms with Crippen LogP contribution < -0.4 is 0 Å². The lowest BCUT2D eigenvalue weighted by Gasteiger charge is -2.36. The molecule has 2 unspecified atom stereocenters. The number of ether oxygens (including phenoxy) is 2. The molecule has 1 aromatic carbocycles. The summed E-state index contributed by atoms with van der Waals surface area (Å²) in [5, 5.41) is 10.1. The summed E-state index contributed by atoms with van der Waals surface area (Å²) in [6, 6.07) is 6.46. The van der Waals surface area contributed by atoms with Crippen molar-refractivity contribution in [3.05, 3.63) is 35.6 Å². The number of nitrogens with zero attached hydrogens (tertiary/aromatic N) is 2. The van der Waals surface area contributed by atoms with Gasteiger partial charge in [0.25, 0.3) is 5.91 Å². The van der Waals surface area contributed by atoms with Crippen molar-refractivity contribution in [2.75, 3.05) is 45.9 Å². The van der Waals surface area contributed by atoms with Crippen LogP contribution in [0.2, 0.25) is 0 Å². The normalized spacial score (nSPS) is 22.5. The Morgan fingerprint density at radius 2 is 2.08 bits per heavy atom. The number of aliphatic hydroxyl groups is 1. The molecule has 2 aliphatic rings.